The third-order valence-electron chi connectivity index (χ3n) is 2.42. The fraction of sp³-hybridized carbons (Fsp3) is 0.545. The standard InChI is InChI=1S/C11H19N3/c1-7(2)11-10(12)8(3)9(6-13-11)14(4)5/h6-7H,12H2,1-5H3. The first-order chi connectivity index (χ1) is 6.45. The molecule has 0 aliphatic heterocycles. The van der Waals surface area contributed by atoms with E-state index in [0.29, 0.717) is 5.92 Å². The van der Waals surface area contributed by atoms with Crippen molar-refractivity contribution in [1.29, 1.82) is 0 Å². The second-order valence-electron chi connectivity index (χ2n) is 4.12. The molecule has 0 saturated carbocycles. The van der Waals surface area contributed by atoms with Gasteiger partial charge in [0.15, 0.2) is 0 Å². The third kappa shape index (κ3) is 1.81. The van der Waals surface area contributed by atoms with Crippen LogP contribution in [0.3, 0.4) is 0 Å². The Morgan fingerprint density at radius 3 is 2.36 bits per heavy atom. The molecule has 2 N–H and O–H groups in total. The lowest BCUT2D eigenvalue weighted by molar-refractivity contribution is 0.823. The van der Waals surface area contributed by atoms with Crippen molar-refractivity contribution in [3.8, 4) is 0 Å². The highest BCUT2D eigenvalue weighted by Crippen LogP contribution is 2.28. The molecule has 1 aromatic rings. The Hall–Kier alpha value is -1.25. The number of hydrogen-bond acceptors (Lipinski definition) is 3. The molecule has 0 aliphatic carbocycles. The molecule has 0 aliphatic rings. The number of nitrogens with two attached hydrogens (primary N) is 1. The molecular formula is C11H19N3. The highest BCUT2D eigenvalue weighted by molar-refractivity contribution is 5.64. The van der Waals surface area contributed by atoms with E-state index in [2.05, 4.69) is 18.8 Å². The zero-order valence-corrected chi connectivity index (χ0v) is 9.63. The van der Waals surface area contributed by atoms with Gasteiger partial charge in [0.25, 0.3) is 0 Å². The predicted molar refractivity (Wildman–Crippen MR) is 61.8 cm³/mol. The van der Waals surface area contributed by atoms with Crippen molar-refractivity contribution in [3.63, 3.8) is 0 Å². The van der Waals surface area contributed by atoms with Gasteiger partial charge in [-0.3, -0.25) is 4.98 Å². The molecule has 1 rings (SSSR count). The summed E-state index contributed by atoms with van der Waals surface area (Å²) in [6, 6.07) is 0. The average Bonchev–Trinajstić information content (AvgIpc) is 2.08. The molecule has 0 unspecified atom stereocenters. The average molecular weight is 193 g/mol. The van der Waals surface area contributed by atoms with Crippen molar-refractivity contribution < 1.29 is 0 Å². The van der Waals surface area contributed by atoms with Crippen LogP contribution < -0.4 is 10.6 Å². The normalized spacial score (nSPS) is 10.7. The molecular weight excluding hydrogens is 174 g/mol. The van der Waals surface area contributed by atoms with Gasteiger partial charge >= 0.3 is 0 Å². The summed E-state index contributed by atoms with van der Waals surface area (Å²) in [7, 11) is 4.00. The molecule has 78 valence electrons. The van der Waals surface area contributed by atoms with E-state index in [1.807, 2.05) is 32.1 Å². The molecule has 3 nitrogen and oxygen atoms in total. The minimum absolute atomic E-state index is 0.380. The second kappa shape index (κ2) is 3.86. The van der Waals surface area contributed by atoms with Crippen LogP contribution in [-0.2, 0) is 0 Å². The lowest BCUT2D eigenvalue weighted by Crippen LogP contribution is -2.13. The summed E-state index contributed by atoms with van der Waals surface area (Å²) in [5.41, 5.74) is 10.1. The predicted octanol–water partition coefficient (Wildman–Crippen LogP) is 2.16. The zero-order chi connectivity index (χ0) is 10.9. The zero-order valence-electron chi connectivity index (χ0n) is 9.63. The van der Waals surface area contributed by atoms with E-state index in [1.54, 1.807) is 0 Å². The fourth-order valence-corrected chi connectivity index (χ4v) is 1.54. The molecule has 0 radical (unpaired) electrons. The van der Waals surface area contributed by atoms with Gasteiger partial charge in [-0.25, -0.2) is 0 Å². The molecule has 0 aromatic carbocycles. The van der Waals surface area contributed by atoms with Crippen molar-refractivity contribution in [2.45, 2.75) is 26.7 Å². The number of nitrogens with zero attached hydrogens (tertiary/aromatic N) is 2. The second-order valence-corrected chi connectivity index (χ2v) is 4.12. The first-order valence-electron chi connectivity index (χ1n) is 4.87. The van der Waals surface area contributed by atoms with Gasteiger partial charge in [-0.15, -0.1) is 0 Å². The van der Waals surface area contributed by atoms with Crippen LogP contribution >= 0.6 is 0 Å². The van der Waals surface area contributed by atoms with E-state index < -0.39 is 0 Å². The van der Waals surface area contributed by atoms with E-state index in [9.17, 15) is 0 Å². The Morgan fingerprint density at radius 2 is 1.93 bits per heavy atom. The van der Waals surface area contributed by atoms with Crippen LogP contribution in [-0.4, -0.2) is 19.1 Å². The van der Waals surface area contributed by atoms with Gasteiger partial charge in [0.2, 0.25) is 0 Å². The molecule has 0 amide bonds. The van der Waals surface area contributed by atoms with Crippen LogP contribution in [0, 0.1) is 6.92 Å². The van der Waals surface area contributed by atoms with Crippen LogP contribution in [0.4, 0.5) is 11.4 Å². The summed E-state index contributed by atoms with van der Waals surface area (Å²) in [5, 5.41) is 0. The number of hydrogen-bond donors (Lipinski definition) is 1. The number of pyridine rings is 1. The van der Waals surface area contributed by atoms with E-state index >= 15 is 0 Å². The Bertz CT molecular complexity index is 297. The van der Waals surface area contributed by atoms with Crippen molar-refractivity contribution in [1.82, 2.24) is 4.98 Å². The topological polar surface area (TPSA) is 42.2 Å². The van der Waals surface area contributed by atoms with Crippen molar-refractivity contribution in [3.05, 3.63) is 17.5 Å². The van der Waals surface area contributed by atoms with Gasteiger partial charge < -0.3 is 10.6 Å². The molecule has 0 spiro atoms. The van der Waals surface area contributed by atoms with E-state index in [0.717, 1.165) is 22.6 Å². The van der Waals surface area contributed by atoms with E-state index in [1.165, 1.54) is 0 Å². The quantitative estimate of drug-likeness (QED) is 0.782. The fourth-order valence-electron chi connectivity index (χ4n) is 1.54. The van der Waals surface area contributed by atoms with Gasteiger partial charge in [0.1, 0.15) is 0 Å². The Labute approximate surface area is 85.9 Å². The Kier molecular flexibility index (Phi) is 2.99. The first kappa shape index (κ1) is 10.8. The monoisotopic (exact) mass is 193 g/mol. The highest BCUT2D eigenvalue weighted by Gasteiger charge is 2.11. The number of anilines is 2. The van der Waals surface area contributed by atoms with Gasteiger partial charge in [0.05, 0.1) is 23.3 Å². The van der Waals surface area contributed by atoms with Crippen molar-refractivity contribution in [2.75, 3.05) is 24.7 Å². The lowest BCUT2D eigenvalue weighted by atomic mass is 10.0. The molecule has 0 atom stereocenters. The molecule has 0 bridgehead atoms. The number of nitrogen functional groups attached to an aromatic ring is 1. The summed E-state index contributed by atoms with van der Waals surface area (Å²) in [6.07, 6.45) is 1.89. The molecule has 0 saturated heterocycles. The van der Waals surface area contributed by atoms with E-state index in [-0.39, 0.29) is 0 Å². The smallest absolute Gasteiger partial charge is 0.0662 e. The Morgan fingerprint density at radius 1 is 1.36 bits per heavy atom. The maximum atomic E-state index is 6.03. The summed E-state index contributed by atoms with van der Waals surface area (Å²) in [6.45, 7) is 6.25. The summed E-state index contributed by atoms with van der Waals surface area (Å²) >= 11 is 0. The van der Waals surface area contributed by atoms with Gasteiger partial charge in [0, 0.05) is 14.1 Å². The van der Waals surface area contributed by atoms with Gasteiger partial charge in [-0.05, 0) is 18.4 Å². The van der Waals surface area contributed by atoms with Gasteiger partial charge in [-0.2, -0.15) is 0 Å². The van der Waals surface area contributed by atoms with Crippen LogP contribution in [0.1, 0.15) is 31.0 Å². The molecule has 1 aromatic heterocycles. The van der Waals surface area contributed by atoms with Gasteiger partial charge in [-0.1, -0.05) is 13.8 Å². The lowest BCUT2D eigenvalue weighted by Gasteiger charge is -2.19. The summed E-state index contributed by atoms with van der Waals surface area (Å²) in [5.74, 6) is 0.380. The largest absolute Gasteiger partial charge is 0.397 e. The Balaban J connectivity index is 3.26. The molecule has 3 heteroatoms. The molecule has 1 heterocycles. The molecule has 14 heavy (non-hydrogen) atoms. The van der Waals surface area contributed by atoms with Crippen molar-refractivity contribution >= 4 is 11.4 Å². The van der Waals surface area contributed by atoms with Crippen LogP contribution in [0.15, 0.2) is 6.20 Å². The SMILES string of the molecule is Cc1c(N(C)C)cnc(C(C)C)c1N. The first-order valence-corrected chi connectivity index (χ1v) is 4.87. The van der Waals surface area contributed by atoms with E-state index in [4.69, 9.17) is 5.73 Å². The summed E-state index contributed by atoms with van der Waals surface area (Å²) < 4.78 is 0. The third-order valence-corrected chi connectivity index (χ3v) is 2.42. The molecule has 0 fully saturated rings. The number of aromatic nitrogens is 1. The minimum Gasteiger partial charge on any atom is -0.397 e. The van der Waals surface area contributed by atoms with Crippen LogP contribution in [0.5, 0.6) is 0 Å². The highest BCUT2D eigenvalue weighted by atomic mass is 15.1. The maximum absolute atomic E-state index is 6.03. The number of rotatable bonds is 2. The summed E-state index contributed by atoms with van der Waals surface area (Å²) in [4.78, 5) is 6.42. The van der Waals surface area contributed by atoms with Crippen LogP contribution in [0.2, 0.25) is 0 Å². The van der Waals surface area contributed by atoms with Crippen LogP contribution in [0.25, 0.3) is 0 Å². The van der Waals surface area contributed by atoms with Crippen molar-refractivity contribution in [2.24, 2.45) is 0 Å². The maximum Gasteiger partial charge on any atom is 0.0662 e. The minimum atomic E-state index is 0.380.